The van der Waals surface area contributed by atoms with Crippen molar-refractivity contribution in [2.75, 3.05) is 0 Å². The molecule has 3 aliphatic rings. The fourth-order valence-corrected chi connectivity index (χ4v) is 10.0. The highest BCUT2D eigenvalue weighted by atomic mass is 14.5. The van der Waals surface area contributed by atoms with Gasteiger partial charge in [0.25, 0.3) is 0 Å². The van der Waals surface area contributed by atoms with Gasteiger partial charge in [-0.15, -0.1) is 0 Å². The lowest BCUT2D eigenvalue weighted by molar-refractivity contribution is 0.589. The summed E-state index contributed by atoms with van der Waals surface area (Å²) >= 11 is 0. The van der Waals surface area contributed by atoms with Crippen LogP contribution in [-0.2, 0) is 29.1 Å². The van der Waals surface area contributed by atoms with Crippen LogP contribution in [0.2, 0.25) is 0 Å². The van der Waals surface area contributed by atoms with Crippen LogP contribution >= 0.6 is 0 Å². The summed E-state index contributed by atoms with van der Waals surface area (Å²) in [5.74, 6) is 0. The standard InChI is InChI=1S/C56H70/c1-9-11-13-15-17-19-23-40-27-36-47-49(37-40)48(26-20-18-16-14-12-10-2)52-50-38-41-24-21-22-25-46(41)53(50)56(39-51(47)52,44-32-28-42(29-33-44)54(3,4)5)45-34-30-43(31-35-45)55(6,7)8/h21-22,24-25,27-37,39H,9-20,23,26,38H2,1-8H3. The van der Waals surface area contributed by atoms with Crippen LogP contribution in [-0.4, -0.2) is 0 Å². The number of unbranched alkanes of at least 4 members (excludes halogenated alkanes) is 10. The largest absolute Gasteiger partial charge is 0.0654 e. The molecule has 0 N–H and O–H groups in total. The molecule has 0 heteroatoms. The lowest BCUT2D eigenvalue weighted by Crippen LogP contribution is -2.31. The SMILES string of the molecule is CCCCCCCCC1=C2C(=CC(c3ccc(C(C)(C)C)cc3)(c3ccc(C(C)(C)C)cc3)C3=C2Cc2ccccc23)c2ccc(CCCCCCCC)cc21. The first-order valence-corrected chi connectivity index (χ1v) is 22.6. The maximum atomic E-state index is 2.74. The van der Waals surface area contributed by atoms with E-state index in [0.29, 0.717) is 0 Å². The van der Waals surface area contributed by atoms with E-state index >= 15 is 0 Å². The Labute approximate surface area is 341 Å². The van der Waals surface area contributed by atoms with E-state index in [-0.39, 0.29) is 10.8 Å². The van der Waals surface area contributed by atoms with Crippen LogP contribution < -0.4 is 0 Å². The Bertz CT molecular complexity index is 2020. The van der Waals surface area contributed by atoms with Crippen molar-refractivity contribution in [1.29, 1.82) is 0 Å². The lowest BCUT2D eigenvalue weighted by atomic mass is 9.62. The lowest BCUT2D eigenvalue weighted by Gasteiger charge is -2.40. The van der Waals surface area contributed by atoms with Crippen molar-refractivity contribution in [2.45, 2.75) is 168 Å². The number of rotatable bonds is 16. The molecular formula is C56H70. The van der Waals surface area contributed by atoms with Gasteiger partial charge in [0.2, 0.25) is 0 Å². The minimum Gasteiger partial charge on any atom is -0.0654 e. The molecule has 7 rings (SSSR count). The molecule has 3 aliphatic carbocycles. The number of allylic oxidation sites excluding steroid dienone is 6. The first kappa shape index (κ1) is 40.3. The van der Waals surface area contributed by atoms with E-state index in [4.69, 9.17) is 0 Å². The molecule has 4 aromatic rings. The van der Waals surface area contributed by atoms with Gasteiger partial charge in [-0.2, -0.15) is 0 Å². The molecule has 0 heterocycles. The maximum absolute atomic E-state index is 2.74. The Morgan fingerprint density at radius 2 is 1.05 bits per heavy atom. The molecule has 0 nitrogen and oxygen atoms in total. The van der Waals surface area contributed by atoms with Gasteiger partial charge in [0.1, 0.15) is 0 Å². The van der Waals surface area contributed by atoms with Gasteiger partial charge in [-0.25, -0.2) is 0 Å². The summed E-state index contributed by atoms with van der Waals surface area (Å²) in [5.41, 5.74) is 20.4. The number of hydrogen-bond donors (Lipinski definition) is 0. The number of benzene rings is 4. The summed E-state index contributed by atoms with van der Waals surface area (Å²) in [5, 5.41) is 0. The summed E-state index contributed by atoms with van der Waals surface area (Å²) in [6.07, 6.45) is 22.1. The molecule has 0 aliphatic heterocycles. The molecule has 0 aromatic heterocycles. The zero-order valence-electron chi connectivity index (χ0n) is 36.3. The van der Waals surface area contributed by atoms with E-state index in [0.717, 1.165) is 12.8 Å². The third-order valence-electron chi connectivity index (χ3n) is 13.3. The fourth-order valence-electron chi connectivity index (χ4n) is 10.0. The van der Waals surface area contributed by atoms with Crippen molar-refractivity contribution < 1.29 is 0 Å². The molecule has 0 radical (unpaired) electrons. The van der Waals surface area contributed by atoms with Crippen LogP contribution in [0.25, 0.3) is 16.7 Å². The van der Waals surface area contributed by atoms with Gasteiger partial charge in [-0.1, -0.05) is 217 Å². The Balaban J connectivity index is 1.43. The van der Waals surface area contributed by atoms with Gasteiger partial charge in [-0.3, -0.25) is 0 Å². The predicted molar refractivity (Wildman–Crippen MR) is 245 cm³/mol. The summed E-state index contributed by atoms with van der Waals surface area (Å²) < 4.78 is 0. The topological polar surface area (TPSA) is 0 Å². The molecule has 0 unspecified atom stereocenters. The van der Waals surface area contributed by atoms with Crippen molar-refractivity contribution in [1.82, 2.24) is 0 Å². The van der Waals surface area contributed by atoms with Crippen LogP contribution in [0.5, 0.6) is 0 Å². The molecule has 0 saturated carbocycles. The van der Waals surface area contributed by atoms with Crippen molar-refractivity contribution in [3.8, 4) is 0 Å². The second kappa shape index (κ2) is 16.9. The Morgan fingerprint density at radius 3 is 1.62 bits per heavy atom. The fraction of sp³-hybridized carbons (Fsp3) is 0.464. The Kier molecular flexibility index (Phi) is 12.2. The summed E-state index contributed by atoms with van der Waals surface area (Å²) in [7, 11) is 0. The quantitative estimate of drug-likeness (QED) is 0.100. The highest BCUT2D eigenvalue weighted by Gasteiger charge is 2.48. The van der Waals surface area contributed by atoms with Crippen molar-refractivity contribution in [2.24, 2.45) is 0 Å². The van der Waals surface area contributed by atoms with Crippen LogP contribution in [0, 0.1) is 0 Å². The molecule has 4 aromatic carbocycles. The first-order chi connectivity index (χ1) is 27.0. The van der Waals surface area contributed by atoms with Gasteiger partial charge in [0.05, 0.1) is 5.41 Å². The third-order valence-corrected chi connectivity index (χ3v) is 13.3. The summed E-state index contributed by atoms with van der Waals surface area (Å²) in [6, 6.07) is 36.5. The minimum atomic E-state index is -0.419. The average Bonchev–Trinajstić information content (AvgIpc) is 3.72. The maximum Gasteiger partial charge on any atom is 0.0650 e. The molecule has 0 amide bonds. The highest BCUT2D eigenvalue weighted by molar-refractivity contribution is 6.11. The second-order valence-corrected chi connectivity index (χ2v) is 19.5. The number of fused-ring (bicyclic) bond motifs is 6. The monoisotopic (exact) mass is 743 g/mol. The summed E-state index contributed by atoms with van der Waals surface area (Å²) in [4.78, 5) is 0. The zero-order valence-corrected chi connectivity index (χ0v) is 36.3. The zero-order chi connectivity index (χ0) is 39.5. The van der Waals surface area contributed by atoms with Crippen molar-refractivity contribution >= 4 is 16.7 Å². The summed E-state index contributed by atoms with van der Waals surface area (Å²) in [6.45, 7) is 18.6. The predicted octanol–water partition coefficient (Wildman–Crippen LogP) is 16.1. The van der Waals surface area contributed by atoms with E-state index in [1.807, 2.05) is 0 Å². The first-order valence-electron chi connectivity index (χ1n) is 22.6. The molecule has 0 fully saturated rings. The van der Waals surface area contributed by atoms with Gasteiger partial charge < -0.3 is 0 Å². The second-order valence-electron chi connectivity index (χ2n) is 19.5. The number of hydrogen-bond acceptors (Lipinski definition) is 0. The van der Waals surface area contributed by atoms with Crippen LogP contribution in [0.15, 0.2) is 108 Å². The van der Waals surface area contributed by atoms with Gasteiger partial charge in [-0.05, 0) is 121 Å². The minimum absolute atomic E-state index is 0.0917. The van der Waals surface area contributed by atoms with Crippen molar-refractivity contribution in [3.63, 3.8) is 0 Å². The molecule has 0 spiro atoms. The Hall–Kier alpha value is -3.90. The molecule has 0 bridgehead atoms. The van der Waals surface area contributed by atoms with Crippen LogP contribution in [0.1, 0.15) is 189 Å². The van der Waals surface area contributed by atoms with E-state index < -0.39 is 5.41 Å². The van der Waals surface area contributed by atoms with Gasteiger partial charge in [0, 0.05) is 0 Å². The normalized spacial score (nSPS) is 15.8. The molecule has 0 atom stereocenters. The van der Waals surface area contributed by atoms with E-state index in [1.54, 1.807) is 16.7 Å². The average molecular weight is 743 g/mol. The Morgan fingerprint density at radius 1 is 0.518 bits per heavy atom. The van der Waals surface area contributed by atoms with Crippen LogP contribution in [0.3, 0.4) is 0 Å². The number of aryl methyl sites for hydroxylation is 1. The molecule has 294 valence electrons. The highest BCUT2D eigenvalue weighted by Crippen LogP contribution is 2.62. The van der Waals surface area contributed by atoms with E-state index in [1.165, 1.54) is 145 Å². The van der Waals surface area contributed by atoms with E-state index in [2.05, 4.69) is 152 Å². The third kappa shape index (κ3) is 7.97. The van der Waals surface area contributed by atoms with E-state index in [9.17, 15) is 0 Å². The van der Waals surface area contributed by atoms with Gasteiger partial charge >= 0.3 is 0 Å². The smallest absolute Gasteiger partial charge is 0.0650 e. The van der Waals surface area contributed by atoms with Crippen LogP contribution in [0.4, 0.5) is 0 Å². The molecule has 56 heavy (non-hydrogen) atoms. The molecule has 0 saturated heterocycles. The van der Waals surface area contributed by atoms with Gasteiger partial charge in [0.15, 0.2) is 0 Å². The van der Waals surface area contributed by atoms with Crippen molar-refractivity contribution in [3.05, 3.63) is 158 Å². The molecular weight excluding hydrogens is 673 g/mol.